The molecule has 0 bridgehead atoms. The number of aromatic nitrogens is 1. The van der Waals surface area contributed by atoms with E-state index >= 15 is 0 Å². The zero-order chi connectivity index (χ0) is 21.3. The zero-order valence-electron chi connectivity index (χ0n) is 15.5. The normalized spacial score (nSPS) is 14.5. The number of guanidine groups is 1. The average Bonchev–Trinajstić information content (AvgIpc) is 2.74. The molecule has 2 heterocycles. The van der Waals surface area contributed by atoms with E-state index < -0.39 is 6.04 Å². The molecule has 0 radical (unpaired) electrons. The van der Waals surface area contributed by atoms with E-state index in [-0.39, 0.29) is 23.0 Å². The standard InChI is InChI=1S/C21H15ClN8/c22-14-7-5-12(6-8-14)11-1-3-13(4-2-11)18-16-17(25)15(9-23)19(26)29-20(16)30-21(28-18)27-10-24/h1-8,18H,(H6,25,26,27,28,29,30). The van der Waals surface area contributed by atoms with E-state index in [9.17, 15) is 5.26 Å². The van der Waals surface area contributed by atoms with Crippen LogP contribution in [0.1, 0.15) is 22.7 Å². The van der Waals surface area contributed by atoms with E-state index in [1.807, 2.05) is 60.8 Å². The topological polar surface area (TPSA) is 149 Å². The number of halogens is 1. The number of nitrogens with one attached hydrogen (secondary N) is 2. The number of nitrogens with two attached hydrogens (primary N) is 2. The van der Waals surface area contributed by atoms with Crippen molar-refractivity contribution in [3.05, 3.63) is 70.2 Å². The third kappa shape index (κ3) is 3.32. The summed E-state index contributed by atoms with van der Waals surface area (Å²) in [5.41, 5.74) is 15.8. The fraction of sp³-hybridized carbons (Fsp3) is 0.0476. The Bertz CT molecular complexity index is 1230. The number of nitriles is 2. The van der Waals surface area contributed by atoms with Gasteiger partial charge in [-0.15, -0.1) is 0 Å². The molecular formula is C21H15ClN8. The number of benzene rings is 2. The Labute approximate surface area is 177 Å². The molecule has 4 rings (SSSR count). The number of fused-ring (bicyclic) bond motifs is 1. The number of anilines is 3. The molecule has 1 aliphatic rings. The molecule has 1 aromatic heterocycles. The SMILES string of the molecule is N#CNC1=NC(c2ccc(-c3ccc(Cl)cc3)cc2)c2c(nc(N)c(C#N)c2N)N1. The van der Waals surface area contributed by atoms with Crippen molar-refractivity contribution < 1.29 is 0 Å². The summed E-state index contributed by atoms with van der Waals surface area (Å²) in [5.74, 6) is 0.576. The van der Waals surface area contributed by atoms with Crippen molar-refractivity contribution in [3.63, 3.8) is 0 Å². The van der Waals surface area contributed by atoms with Gasteiger partial charge in [0.1, 0.15) is 29.3 Å². The van der Waals surface area contributed by atoms with Crippen LogP contribution in [0.5, 0.6) is 0 Å². The second-order valence-corrected chi connectivity index (χ2v) is 6.97. The maximum Gasteiger partial charge on any atom is 0.211 e. The van der Waals surface area contributed by atoms with Crippen LogP contribution in [0.25, 0.3) is 11.1 Å². The van der Waals surface area contributed by atoms with Crippen LogP contribution in [0.15, 0.2) is 53.5 Å². The average molecular weight is 415 g/mol. The van der Waals surface area contributed by atoms with Crippen molar-refractivity contribution >= 4 is 34.9 Å². The number of pyridine rings is 1. The van der Waals surface area contributed by atoms with Crippen molar-refractivity contribution in [1.29, 1.82) is 10.5 Å². The summed E-state index contributed by atoms with van der Waals surface area (Å²) in [6, 6.07) is 16.7. The summed E-state index contributed by atoms with van der Waals surface area (Å²) in [4.78, 5) is 8.80. The molecule has 146 valence electrons. The van der Waals surface area contributed by atoms with Gasteiger partial charge < -0.3 is 16.8 Å². The molecule has 2 aromatic carbocycles. The molecule has 3 aromatic rings. The number of aliphatic imine (C=N–C) groups is 1. The first-order chi connectivity index (χ1) is 14.5. The fourth-order valence-electron chi connectivity index (χ4n) is 3.32. The van der Waals surface area contributed by atoms with Gasteiger partial charge in [-0.05, 0) is 28.8 Å². The van der Waals surface area contributed by atoms with Crippen molar-refractivity contribution in [2.45, 2.75) is 6.04 Å². The highest BCUT2D eigenvalue weighted by Gasteiger charge is 2.29. The monoisotopic (exact) mass is 414 g/mol. The smallest absolute Gasteiger partial charge is 0.211 e. The van der Waals surface area contributed by atoms with Crippen LogP contribution >= 0.6 is 11.6 Å². The van der Waals surface area contributed by atoms with Gasteiger partial charge >= 0.3 is 0 Å². The lowest BCUT2D eigenvalue weighted by molar-refractivity contribution is 0.847. The second-order valence-electron chi connectivity index (χ2n) is 6.53. The minimum atomic E-state index is -0.573. The molecule has 6 N–H and O–H groups in total. The maximum absolute atomic E-state index is 9.40. The lowest BCUT2D eigenvalue weighted by Crippen LogP contribution is -2.32. The molecule has 0 amide bonds. The Hall–Kier alpha value is -4.27. The van der Waals surface area contributed by atoms with Gasteiger partial charge in [0.15, 0.2) is 6.19 Å². The Morgan fingerprint density at radius 3 is 2.23 bits per heavy atom. The van der Waals surface area contributed by atoms with E-state index in [0.29, 0.717) is 16.4 Å². The quantitative estimate of drug-likeness (QED) is 0.371. The fourth-order valence-corrected chi connectivity index (χ4v) is 3.45. The van der Waals surface area contributed by atoms with Gasteiger partial charge in [0, 0.05) is 10.6 Å². The molecule has 0 saturated carbocycles. The first-order valence-electron chi connectivity index (χ1n) is 8.86. The van der Waals surface area contributed by atoms with E-state index in [4.69, 9.17) is 28.3 Å². The minimum absolute atomic E-state index is 0.0105. The van der Waals surface area contributed by atoms with Crippen LogP contribution in [-0.4, -0.2) is 10.9 Å². The van der Waals surface area contributed by atoms with Crippen LogP contribution < -0.4 is 22.1 Å². The Kier molecular flexibility index (Phi) is 4.85. The second kappa shape index (κ2) is 7.63. The summed E-state index contributed by atoms with van der Waals surface area (Å²) in [7, 11) is 0. The summed E-state index contributed by atoms with van der Waals surface area (Å²) >= 11 is 5.96. The third-order valence-electron chi connectivity index (χ3n) is 4.76. The van der Waals surface area contributed by atoms with Crippen molar-refractivity contribution in [2.24, 2.45) is 4.99 Å². The van der Waals surface area contributed by atoms with Crippen LogP contribution in [0.3, 0.4) is 0 Å². The predicted octanol–water partition coefficient (Wildman–Crippen LogP) is 3.38. The predicted molar refractivity (Wildman–Crippen MR) is 116 cm³/mol. The molecule has 1 atom stereocenters. The van der Waals surface area contributed by atoms with Gasteiger partial charge in [0.25, 0.3) is 0 Å². The van der Waals surface area contributed by atoms with Gasteiger partial charge in [-0.1, -0.05) is 48.0 Å². The molecule has 0 fully saturated rings. The molecule has 0 spiro atoms. The maximum atomic E-state index is 9.40. The van der Waals surface area contributed by atoms with Gasteiger partial charge in [-0.2, -0.15) is 10.5 Å². The summed E-state index contributed by atoms with van der Waals surface area (Å²) in [6.07, 6.45) is 1.83. The first kappa shape index (κ1) is 19.1. The Morgan fingerprint density at radius 2 is 1.63 bits per heavy atom. The highest BCUT2D eigenvalue weighted by atomic mass is 35.5. The van der Waals surface area contributed by atoms with Crippen LogP contribution in [0.2, 0.25) is 5.02 Å². The Morgan fingerprint density at radius 1 is 1.00 bits per heavy atom. The molecule has 1 unspecified atom stereocenters. The lowest BCUT2D eigenvalue weighted by atomic mass is 9.93. The Balaban J connectivity index is 1.80. The third-order valence-corrected chi connectivity index (χ3v) is 5.01. The number of nitrogens with zero attached hydrogens (tertiary/aromatic N) is 4. The zero-order valence-corrected chi connectivity index (χ0v) is 16.3. The highest BCUT2D eigenvalue weighted by Crippen LogP contribution is 2.40. The molecule has 30 heavy (non-hydrogen) atoms. The number of hydrogen-bond acceptors (Lipinski definition) is 8. The molecule has 9 heteroatoms. The molecule has 1 aliphatic heterocycles. The van der Waals surface area contributed by atoms with Gasteiger partial charge in [0.05, 0.1) is 5.69 Å². The highest BCUT2D eigenvalue weighted by molar-refractivity contribution is 6.30. The molecular weight excluding hydrogens is 400 g/mol. The van der Waals surface area contributed by atoms with Crippen molar-refractivity contribution in [3.8, 4) is 23.4 Å². The molecule has 0 aliphatic carbocycles. The summed E-state index contributed by atoms with van der Waals surface area (Å²) < 4.78 is 0. The van der Waals surface area contributed by atoms with Crippen LogP contribution in [0, 0.1) is 22.8 Å². The minimum Gasteiger partial charge on any atom is -0.397 e. The summed E-state index contributed by atoms with van der Waals surface area (Å²) in [6.45, 7) is 0. The summed E-state index contributed by atoms with van der Waals surface area (Å²) in [5, 5.41) is 24.4. The van der Waals surface area contributed by atoms with Crippen molar-refractivity contribution in [1.82, 2.24) is 10.3 Å². The number of rotatable bonds is 2. The van der Waals surface area contributed by atoms with Gasteiger partial charge in [0.2, 0.25) is 5.96 Å². The largest absolute Gasteiger partial charge is 0.397 e. The number of nitrogen functional groups attached to an aromatic ring is 2. The van der Waals surface area contributed by atoms with E-state index in [0.717, 1.165) is 16.7 Å². The van der Waals surface area contributed by atoms with Crippen LogP contribution in [-0.2, 0) is 0 Å². The van der Waals surface area contributed by atoms with Crippen LogP contribution in [0.4, 0.5) is 17.3 Å². The van der Waals surface area contributed by atoms with E-state index in [2.05, 4.69) is 20.6 Å². The number of hydrogen-bond donors (Lipinski definition) is 4. The van der Waals surface area contributed by atoms with Gasteiger partial charge in [-0.25, -0.2) is 9.98 Å². The molecule has 8 nitrogen and oxygen atoms in total. The van der Waals surface area contributed by atoms with E-state index in [1.54, 1.807) is 0 Å². The first-order valence-corrected chi connectivity index (χ1v) is 9.24. The lowest BCUT2D eigenvalue weighted by Gasteiger charge is -2.26. The van der Waals surface area contributed by atoms with E-state index in [1.165, 1.54) is 0 Å². The van der Waals surface area contributed by atoms with Crippen molar-refractivity contribution in [2.75, 3.05) is 16.8 Å². The molecule has 0 saturated heterocycles. The van der Waals surface area contributed by atoms with Gasteiger partial charge in [-0.3, -0.25) is 5.32 Å².